The molecule has 27 heavy (non-hydrogen) atoms. The molecule has 2 atom stereocenters. The lowest BCUT2D eigenvalue weighted by Crippen LogP contribution is -2.17. The van der Waals surface area contributed by atoms with Gasteiger partial charge in [-0.15, -0.1) is 28.7 Å². The highest BCUT2D eigenvalue weighted by atomic mass is 31.1. The molecule has 3 rings (SSSR count). The molecule has 0 fully saturated rings. The first-order chi connectivity index (χ1) is 12.8. The van der Waals surface area contributed by atoms with Gasteiger partial charge in [0.1, 0.15) is 0 Å². The second-order valence-electron chi connectivity index (χ2n) is 6.43. The van der Waals surface area contributed by atoms with Crippen LogP contribution in [0.15, 0.2) is 42.5 Å². The van der Waals surface area contributed by atoms with Crippen molar-refractivity contribution in [2.45, 2.75) is 11.8 Å². The second-order valence-corrected chi connectivity index (χ2v) is 9.49. The third-order valence-electron chi connectivity index (χ3n) is 4.04. The number of hydrogen-bond acceptors (Lipinski definition) is 5. The second kappa shape index (κ2) is 7.71. The van der Waals surface area contributed by atoms with Gasteiger partial charge in [-0.05, 0) is 48.0 Å². The van der Waals surface area contributed by atoms with E-state index in [9.17, 15) is 4.79 Å². The van der Waals surface area contributed by atoms with Crippen LogP contribution in [0.3, 0.4) is 0 Å². The normalized spacial score (nSPS) is 11.3. The SMILES string of the molecule is CNC(=O)c1ccc(Nc2ccc(C(C)(P)P)cc2)c(-c2nnn(C)n2)c1. The first-order valence-corrected chi connectivity index (χ1v) is 9.49. The highest BCUT2D eigenvalue weighted by Gasteiger charge is 2.16. The molecule has 0 aliphatic rings. The van der Waals surface area contributed by atoms with Crippen molar-refractivity contribution in [2.75, 3.05) is 12.4 Å². The Bertz CT molecular complexity index is 963. The van der Waals surface area contributed by atoms with Crippen molar-refractivity contribution in [3.05, 3.63) is 53.6 Å². The van der Waals surface area contributed by atoms with Crippen LogP contribution in [0.5, 0.6) is 0 Å². The number of hydrogen-bond donors (Lipinski definition) is 2. The molecule has 7 nitrogen and oxygen atoms in total. The van der Waals surface area contributed by atoms with E-state index in [2.05, 4.69) is 63.6 Å². The monoisotopic (exact) mass is 400 g/mol. The highest BCUT2D eigenvalue weighted by molar-refractivity contribution is 7.38. The molecule has 0 saturated heterocycles. The minimum absolute atomic E-state index is 0.0671. The van der Waals surface area contributed by atoms with E-state index in [1.807, 2.05) is 18.2 Å². The fourth-order valence-corrected chi connectivity index (χ4v) is 2.97. The largest absolute Gasteiger partial charge is 0.355 e. The number of rotatable bonds is 5. The topological polar surface area (TPSA) is 84.7 Å². The Morgan fingerprint density at radius 2 is 1.85 bits per heavy atom. The number of nitrogens with one attached hydrogen (secondary N) is 2. The first-order valence-electron chi connectivity index (χ1n) is 8.34. The summed E-state index contributed by atoms with van der Waals surface area (Å²) in [6.07, 6.45) is 0. The van der Waals surface area contributed by atoms with Crippen LogP contribution in [-0.4, -0.2) is 33.2 Å². The number of anilines is 2. The number of carbonyl (C=O) groups excluding carboxylic acids is 1. The summed E-state index contributed by atoms with van der Waals surface area (Å²) in [6, 6.07) is 13.5. The molecule has 0 spiro atoms. The van der Waals surface area contributed by atoms with Crippen LogP contribution in [0.25, 0.3) is 11.4 Å². The Hall–Kier alpha value is -2.36. The fourth-order valence-electron chi connectivity index (χ4n) is 2.58. The van der Waals surface area contributed by atoms with E-state index in [0.29, 0.717) is 17.0 Å². The van der Waals surface area contributed by atoms with E-state index in [4.69, 9.17) is 0 Å². The van der Waals surface area contributed by atoms with Crippen molar-refractivity contribution in [3.63, 3.8) is 0 Å². The molecule has 1 heterocycles. The fraction of sp³-hybridized carbons (Fsp3) is 0.222. The van der Waals surface area contributed by atoms with Gasteiger partial charge in [0.15, 0.2) is 0 Å². The quantitative estimate of drug-likeness (QED) is 0.644. The molecule has 1 aromatic heterocycles. The lowest BCUT2D eigenvalue weighted by molar-refractivity contribution is 0.0963. The third-order valence-corrected chi connectivity index (χ3v) is 4.71. The summed E-state index contributed by atoms with van der Waals surface area (Å²) in [6.45, 7) is 2.11. The molecule has 0 bridgehead atoms. The maximum absolute atomic E-state index is 12.0. The molecule has 2 N–H and O–H groups in total. The van der Waals surface area contributed by atoms with Crippen molar-refractivity contribution >= 4 is 35.8 Å². The summed E-state index contributed by atoms with van der Waals surface area (Å²) in [5.74, 6) is 0.279. The first kappa shape index (κ1) is 19.4. The van der Waals surface area contributed by atoms with Gasteiger partial charge < -0.3 is 10.6 Å². The van der Waals surface area contributed by atoms with Gasteiger partial charge in [0.25, 0.3) is 5.91 Å². The van der Waals surface area contributed by atoms with Gasteiger partial charge in [-0.1, -0.05) is 12.1 Å². The molecular formula is C18H22N6OP2. The summed E-state index contributed by atoms with van der Waals surface area (Å²) in [5.41, 5.74) is 4.14. The number of aryl methyl sites for hydroxylation is 1. The molecule has 0 saturated carbocycles. The number of benzene rings is 2. The summed E-state index contributed by atoms with van der Waals surface area (Å²) in [5, 5.41) is 18.3. The predicted molar refractivity (Wildman–Crippen MR) is 114 cm³/mol. The lowest BCUT2D eigenvalue weighted by atomic mass is 10.1. The lowest BCUT2D eigenvalue weighted by Gasteiger charge is -2.19. The Balaban J connectivity index is 1.98. The minimum atomic E-state index is -0.170. The number of aromatic nitrogens is 4. The van der Waals surface area contributed by atoms with Gasteiger partial charge in [-0.3, -0.25) is 4.79 Å². The molecule has 9 heteroatoms. The smallest absolute Gasteiger partial charge is 0.251 e. The summed E-state index contributed by atoms with van der Waals surface area (Å²) in [4.78, 5) is 13.3. The Morgan fingerprint density at radius 3 is 2.41 bits per heavy atom. The predicted octanol–water partition coefficient (Wildman–Crippen LogP) is 2.90. The number of tetrazole rings is 1. The van der Waals surface area contributed by atoms with Crippen molar-refractivity contribution in [2.24, 2.45) is 7.05 Å². The maximum atomic E-state index is 12.0. The zero-order valence-electron chi connectivity index (χ0n) is 15.4. The van der Waals surface area contributed by atoms with Crippen molar-refractivity contribution < 1.29 is 4.79 Å². The Labute approximate surface area is 162 Å². The summed E-state index contributed by atoms with van der Waals surface area (Å²) < 4.78 is 0. The van der Waals surface area contributed by atoms with Crippen LogP contribution < -0.4 is 10.6 Å². The van der Waals surface area contributed by atoms with Crippen molar-refractivity contribution in [1.29, 1.82) is 0 Å². The van der Waals surface area contributed by atoms with Gasteiger partial charge in [0.05, 0.1) is 7.05 Å². The molecule has 2 aromatic carbocycles. The maximum Gasteiger partial charge on any atom is 0.251 e. The van der Waals surface area contributed by atoms with E-state index >= 15 is 0 Å². The van der Waals surface area contributed by atoms with E-state index in [1.165, 1.54) is 10.4 Å². The van der Waals surface area contributed by atoms with Crippen LogP contribution in [0.2, 0.25) is 0 Å². The highest BCUT2D eigenvalue weighted by Crippen LogP contribution is 2.38. The van der Waals surface area contributed by atoms with E-state index in [-0.39, 0.29) is 10.8 Å². The molecule has 1 amide bonds. The molecule has 0 radical (unpaired) electrons. The van der Waals surface area contributed by atoms with Crippen molar-refractivity contribution in [3.8, 4) is 11.4 Å². The van der Waals surface area contributed by atoms with Gasteiger partial charge in [0, 0.05) is 34.4 Å². The molecule has 140 valence electrons. The van der Waals surface area contributed by atoms with Crippen LogP contribution in [0, 0.1) is 0 Å². The van der Waals surface area contributed by atoms with Gasteiger partial charge in [0.2, 0.25) is 5.82 Å². The van der Waals surface area contributed by atoms with Crippen LogP contribution in [0.1, 0.15) is 22.8 Å². The van der Waals surface area contributed by atoms with E-state index in [0.717, 1.165) is 11.4 Å². The Morgan fingerprint density at radius 1 is 1.15 bits per heavy atom. The van der Waals surface area contributed by atoms with Gasteiger partial charge in [-0.2, -0.15) is 4.80 Å². The molecule has 0 aliphatic heterocycles. The zero-order valence-corrected chi connectivity index (χ0v) is 17.7. The average Bonchev–Trinajstić information content (AvgIpc) is 3.07. The standard InChI is InChI=1S/C18H22N6OP2/c1-18(26,27)12-5-7-13(8-6-12)20-15-9-4-11(17(25)19-2)10-14(15)16-21-23-24(3)22-16/h4-10,20H,26-27H2,1-3H3,(H,19,25). The minimum Gasteiger partial charge on any atom is -0.355 e. The number of amides is 1. The number of carbonyl (C=O) groups is 1. The van der Waals surface area contributed by atoms with Gasteiger partial charge in [-0.25, -0.2) is 0 Å². The summed E-state index contributed by atoms with van der Waals surface area (Å²) >= 11 is 0. The van der Waals surface area contributed by atoms with E-state index in [1.54, 1.807) is 26.2 Å². The molecule has 2 unspecified atom stereocenters. The average molecular weight is 400 g/mol. The zero-order chi connectivity index (χ0) is 19.6. The third kappa shape index (κ3) is 4.49. The number of nitrogens with zero attached hydrogens (tertiary/aromatic N) is 4. The van der Waals surface area contributed by atoms with E-state index < -0.39 is 0 Å². The van der Waals surface area contributed by atoms with Crippen LogP contribution in [-0.2, 0) is 11.9 Å². The Kier molecular flexibility index (Phi) is 5.54. The molecule has 0 aliphatic carbocycles. The van der Waals surface area contributed by atoms with Crippen LogP contribution >= 0.6 is 18.5 Å². The van der Waals surface area contributed by atoms with Crippen molar-refractivity contribution in [1.82, 2.24) is 25.5 Å². The van der Waals surface area contributed by atoms with Gasteiger partial charge >= 0.3 is 0 Å². The van der Waals surface area contributed by atoms with Crippen LogP contribution in [0.4, 0.5) is 11.4 Å². The summed E-state index contributed by atoms with van der Waals surface area (Å²) in [7, 11) is 8.91. The molecule has 3 aromatic rings. The molecular weight excluding hydrogens is 378 g/mol.